The zero-order valence-electron chi connectivity index (χ0n) is 14.1. The predicted octanol–water partition coefficient (Wildman–Crippen LogP) is -0.00470. The zero-order chi connectivity index (χ0) is 19.4. The van der Waals surface area contributed by atoms with Crippen molar-refractivity contribution >= 4 is 21.8 Å². The lowest BCUT2D eigenvalue weighted by atomic mass is 10.2. The van der Waals surface area contributed by atoms with Crippen LogP contribution in [0.25, 0.3) is 0 Å². The van der Waals surface area contributed by atoms with Crippen molar-refractivity contribution in [2.45, 2.75) is 18.0 Å². The van der Waals surface area contributed by atoms with Gasteiger partial charge in [-0.1, -0.05) is 18.2 Å². The van der Waals surface area contributed by atoms with Gasteiger partial charge in [-0.2, -0.15) is 0 Å². The summed E-state index contributed by atoms with van der Waals surface area (Å²) in [5.41, 5.74) is 1.39. The van der Waals surface area contributed by atoms with Crippen molar-refractivity contribution in [1.29, 1.82) is 0 Å². The molecule has 2 amide bonds. The number of carbonyl (C=O) groups is 2. The van der Waals surface area contributed by atoms with Crippen LogP contribution in [0.5, 0.6) is 11.5 Å². The summed E-state index contributed by atoms with van der Waals surface area (Å²) in [5.74, 6) is -0.356. The number of benzene rings is 2. The van der Waals surface area contributed by atoms with Crippen molar-refractivity contribution in [1.82, 2.24) is 10.6 Å². The van der Waals surface area contributed by atoms with Crippen molar-refractivity contribution in [2.75, 3.05) is 6.79 Å². The van der Waals surface area contributed by atoms with Gasteiger partial charge in [-0.3, -0.25) is 9.59 Å². The second kappa shape index (κ2) is 7.64. The van der Waals surface area contributed by atoms with Crippen molar-refractivity contribution in [3.63, 3.8) is 0 Å². The molecule has 1 aliphatic heterocycles. The van der Waals surface area contributed by atoms with E-state index in [0.29, 0.717) is 17.1 Å². The van der Waals surface area contributed by atoms with Crippen molar-refractivity contribution in [2.24, 2.45) is 5.14 Å². The molecule has 2 aromatic rings. The van der Waals surface area contributed by atoms with Crippen LogP contribution in [0.4, 0.5) is 0 Å². The first-order valence-electron chi connectivity index (χ1n) is 7.89. The standard InChI is InChI=1S/C17H17N3O6S/c18-27(23,24)13-4-1-11(2-5-13)8-19-16(21)17(22)20-9-12-3-6-14-15(7-12)26-10-25-14/h1-7H,8-10H2,(H,19,21)(H,20,22)(H2,18,23,24). The Bertz CT molecular complexity index is 973. The van der Waals surface area contributed by atoms with Crippen molar-refractivity contribution in [3.05, 3.63) is 53.6 Å². The van der Waals surface area contributed by atoms with E-state index in [1.54, 1.807) is 18.2 Å². The molecular weight excluding hydrogens is 374 g/mol. The third-order valence-electron chi connectivity index (χ3n) is 3.80. The lowest BCUT2D eigenvalue weighted by Gasteiger charge is -2.08. The van der Waals surface area contributed by atoms with Crippen molar-refractivity contribution < 1.29 is 27.5 Å². The van der Waals surface area contributed by atoms with Crippen LogP contribution >= 0.6 is 0 Å². The molecule has 142 valence electrons. The molecule has 0 atom stereocenters. The number of rotatable bonds is 5. The summed E-state index contributed by atoms with van der Waals surface area (Å²) < 4.78 is 32.8. The number of amides is 2. The molecule has 0 saturated heterocycles. The van der Waals surface area contributed by atoms with Gasteiger partial charge in [-0.15, -0.1) is 0 Å². The molecule has 9 nitrogen and oxygen atoms in total. The number of hydrogen-bond donors (Lipinski definition) is 3. The number of fused-ring (bicyclic) bond motifs is 1. The Labute approximate surface area is 155 Å². The van der Waals surface area contributed by atoms with Gasteiger partial charge in [-0.05, 0) is 35.4 Å². The third kappa shape index (κ3) is 4.74. The Morgan fingerprint density at radius 2 is 1.44 bits per heavy atom. The first kappa shape index (κ1) is 18.7. The SMILES string of the molecule is NS(=O)(=O)c1ccc(CNC(=O)C(=O)NCc2ccc3c(c2)OCO3)cc1. The fraction of sp³-hybridized carbons (Fsp3) is 0.176. The van der Waals surface area contributed by atoms with Gasteiger partial charge in [0.05, 0.1) is 4.90 Å². The van der Waals surface area contributed by atoms with E-state index in [9.17, 15) is 18.0 Å². The normalized spacial score (nSPS) is 12.5. The van der Waals surface area contributed by atoms with Gasteiger partial charge in [0.1, 0.15) is 0 Å². The van der Waals surface area contributed by atoms with Gasteiger partial charge in [-0.25, -0.2) is 13.6 Å². The van der Waals surface area contributed by atoms with Crippen LogP contribution in [0.3, 0.4) is 0 Å². The van der Waals surface area contributed by atoms with E-state index in [2.05, 4.69) is 10.6 Å². The minimum atomic E-state index is -3.77. The maximum absolute atomic E-state index is 11.9. The summed E-state index contributed by atoms with van der Waals surface area (Å²) in [5, 5.41) is 9.99. The molecule has 1 aliphatic rings. The van der Waals surface area contributed by atoms with Gasteiger partial charge in [0.25, 0.3) is 0 Å². The summed E-state index contributed by atoms with van der Waals surface area (Å²) >= 11 is 0. The number of ether oxygens (including phenoxy) is 2. The van der Waals surface area contributed by atoms with E-state index in [1.807, 2.05) is 0 Å². The highest BCUT2D eigenvalue weighted by molar-refractivity contribution is 7.89. The highest BCUT2D eigenvalue weighted by atomic mass is 32.2. The molecule has 0 aliphatic carbocycles. The molecule has 0 bridgehead atoms. The fourth-order valence-electron chi connectivity index (χ4n) is 2.37. The molecule has 0 fully saturated rings. The zero-order valence-corrected chi connectivity index (χ0v) is 14.9. The molecule has 0 unspecified atom stereocenters. The Kier molecular flexibility index (Phi) is 5.28. The lowest BCUT2D eigenvalue weighted by molar-refractivity contribution is -0.139. The summed E-state index contributed by atoms with van der Waals surface area (Å²) in [7, 11) is -3.77. The van der Waals surface area contributed by atoms with E-state index < -0.39 is 21.8 Å². The number of hydrogen-bond acceptors (Lipinski definition) is 6. The molecule has 0 radical (unpaired) electrons. The van der Waals surface area contributed by atoms with Crippen LogP contribution in [-0.2, 0) is 32.7 Å². The van der Waals surface area contributed by atoms with Gasteiger partial charge >= 0.3 is 11.8 Å². The van der Waals surface area contributed by atoms with Gasteiger partial charge < -0.3 is 20.1 Å². The van der Waals surface area contributed by atoms with Crippen LogP contribution in [0.15, 0.2) is 47.4 Å². The summed E-state index contributed by atoms with van der Waals surface area (Å²) in [4.78, 5) is 23.7. The Morgan fingerprint density at radius 3 is 2.07 bits per heavy atom. The molecule has 0 spiro atoms. The topological polar surface area (TPSA) is 137 Å². The van der Waals surface area contributed by atoms with Crippen LogP contribution in [-0.4, -0.2) is 27.0 Å². The fourth-order valence-corrected chi connectivity index (χ4v) is 2.89. The Morgan fingerprint density at radius 1 is 0.889 bits per heavy atom. The summed E-state index contributed by atoms with van der Waals surface area (Å²) in [6.07, 6.45) is 0. The molecule has 2 aromatic carbocycles. The number of nitrogens with two attached hydrogens (primary N) is 1. The van der Waals surface area contributed by atoms with Gasteiger partial charge in [0.2, 0.25) is 16.8 Å². The molecule has 0 saturated carbocycles. The number of primary sulfonamides is 1. The van der Waals surface area contributed by atoms with Crippen LogP contribution in [0.2, 0.25) is 0 Å². The molecule has 27 heavy (non-hydrogen) atoms. The van der Waals surface area contributed by atoms with Crippen LogP contribution < -0.4 is 25.2 Å². The first-order chi connectivity index (χ1) is 12.8. The average molecular weight is 391 g/mol. The third-order valence-corrected chi connectivity index (χ3v) is 4.73. The van der Waals surface area contributed by atoms with Crippen molar-refractivity contribution in [3.8, 4) is 11.5 Å². The second-order valence-corrected chi connectivity index (χ2v) is 7.30. The van der Waals surface area contributed by atoms with Crippen LogP contribution in [0, 0.1) is 0 Å². The smallest absolute Gasteiger partial charge is 0.309 e. The number of sulfonamides is 1. The van der Waals surface area contributed by atoms with E-state index in [-0.39, 0.29) is 24.8 Å². The monoisotopic (exact) mass is 391 g/mol. The quantitative estimate of drug-likeness (QED) is 0.614. The largest absolute Gasteiger partial charge is 0.454 e. The summed E-state index contributed by atoms with van der Waals surface area (Å²) in [6, 6.07) is 10.9. The highest BCUT2D eigenvalue weighted by Gasteiger charge is 2.16. The maximum atomic E-state index is 11.9. The van der Waals surface area contributed by atoms with Gasteiger partial charge in [0, 0.05) is 13.1 Å². The average Bonchev–Trinajstić information content (AvgIpc) is 3.11. The van der Waals surface area contributed by atoms with E-state index >= 15 is 0 Å². The highest BCUT2D eigenvalue weighted by Crippen LogP contribution is 2.32. The molecule has 3 rings (SSSR count). The molecule has 10 heteroatoms. The minimum Gasteiger partial charge on any atom is -0.454 e. The van der Waals surface area contributed by atoms with E-state index in [1.165, 1.54) is 24.3 Å². The number of carbonyl (C=O) groups excluding carboxylic acids is 2. The predicted molar refractivity (Wildman–Crippen MR) is 94.1 cm³/mol. The molecule has 4 N–H and O–H groups in total. The Balaban J connectivity index is 1.48. The second-order valence-electron chi connectivity index (χ2n) is 5.74. The molecule has 1 heterocycles. The van der Waals surface area contributed by atoms with Gasteiger partial charge in [0.15, 0.2) is 11.5 Å². The van der Waals surface area contributed by atoms with Crippen LogP contribution in [0.1, 0.15) is 11.1 Å². The minimum absolute atomic E-state index is 0.0287. The Hall–Kier alpha value is -3.11. The molecular formula is C17H17N3O6S. The number of nitrogens with one attached hydrogen (secondary N) is 2. The van der Waals surface area contributed by atoms with E-state index in [0.717, 1.165) is 5.56 Å². The van der Waals surface area contributed by atoms with E-state index in [4.69, 9.17) is 14.6 Å². The lowest BCUT2D eigenvalue weighted by Crippen LogP contribution is -2.39. The summed E-state index contributed by atoms with van der Waals surface area (Å²) in [6.45, 7) is 0.388. The first-order valence-corrected chi connectivity index (χ1v) is 9.44. The molecule has 0 aromatic heterocycles. The maximum Gasteiger partial charge on any atom is 0.309 e.